The van der Waals surface area contributed by atoms with Gasteiger partial charge in [0.1, 0.15) is 0 Å². The number of nitrogens with one attached hydrogen (secondary N) is 1. The van der Waals surface area contributed by atoms with Crippen molar-refractivity contribution < 1.29 is 19.1 Å². The van der Waals surface area contributed by atoms with Gasteiger partial charge in [-0.2, -0.15) is 0 Å². The Labute approximate surface area is 177 Å². The maximum absolute atomic E-state index is 12.9. The highest BCUT2D eigenvalue weighted by atomic mass is 16.5. The third-order valence-corrected chi connectivity index (χ3v) is 6.09. The predicted molar refractivity (Wildman–Crippen MR) is 115 cm³/mol. The van der Waals surface area contributed by atoms with E-state index < -0.39 is 5.97 Å². The van der Waals surface area contributed by atoms with E-state index in [-0.39, 0.29) is 35.5 Å². The van der Waals surface area contributed by atoms with Gasteiger partial charge in [0.2, 0.25) is 0 Å². The molecule has 0 aromatic heterocycles. The van der Waals surface area contributed by atoms with Gasteiger partial charge in [-0.05, 0) is 31.2 Å². The quantitative estimate of drug-likeness (QED) is 0.572. The average molecular weight is 408 g/mol. The van der Waals surface area contributed by atoms with E-state index in [0.717, 1.165) is 18.4 Å². The fourth-order valence-corrected chi connectivity index (χ4v) is 3.96. The first-order valence-electron chi connectivity index (χ1n) is 10.5. The minimum absolute atomic E-state index is 0.107. The molecule has 0 aliphatic heterocycles. The molecule has 3 rings (SSSR count). The molecule has 5 nitrogen and oxygen atoms in total. The minimum Gasteiger partial charge on any atom is -0.452 e. The minimum atomic E-state index is -0.675. The van der Waals surface area contributed by atoms with Crippen LogP contribution in [-0.4, -0.2) is 30.3 Å². The van der Waals surface area contributed by atoms with Gasteiger partial charge in [0.05, 0.1) is 5.56 Å². The molecule has 0 radical (unpaired) electrons. The number of hydrogen-bond donors (Lipinski definition) is 1. The fourth-order valence-electron chi connectivity index (χ4n) is 3.96. The third-order valence-electron chi connectivity index (χ3n) is 6.09. The Hall–Kier alpha value is -2.95. The Bertz CT molecular complexity index is 919. The molecule has 1 aliphatic carbocycles. The molecule has 1 fully saturated rings. The van der Waals surface area contributed by atoms with Gasteiger partial charge in [-0.15, -0.1) is 0 Å². The number of ether oxygens (including phenoxy) is 1. The van der Waals surface area contributed by atoms with Crippen LogP contribution in [0.15, 0.2) is 48.5 Å². The van der Waals surface area contributed by atoms with Gasteiger partial charge in [-0.1, -0.05) is 74.7 Å². The maximum Gasteiger partial charge on any atom is 0.339 e. The van der Waals surface area contributed by atoms with E-state index in [1.54, 1.807) is 36.4 Å². The zero-order valence-electron chi connectivity index (χ0n) is 17.8. The van der Waals surface area contributed by atoms with Gasteiger partial charge in [-0.3, -0.25) is 9.59 Å². The third kappa shape index (κ3) is 5.15. The van der Waals surface area contributed by atoms with E-state index in [1.165, 1.54) is 6.42 Å². The van der Waals surface area contributed by atoms with Crippen molar-refractivity contribution >= 4 is 17.7 Å². The van der Waals surface area contributed by atoms with E-state index in [2.05, 4.69) is 19.2 Å². The molecule has 0 saturated heterocycles. The normalized spacial score (nSPS) is 21.0. The zero-order chi connectivity index (χ0) is 21.7. The van der Waals surface area contributed by atoms with Crippen LogP contribution in [0.5, 0.6) is 0 Å². The number of aryl methyl sites for hydroxylation is 1. The van der Waals surface area contributed by atoms with Gasteiger partial charge in [0, 0.05) is 17.2 Å². The van der Waals surface area contributed by atoms with Gasteiger partial charge in [0.15, 0.2) is 12.4 Å². The first-order chi connectivity index (χ1) is 14.4. The van der Waals surface area contributed by atoms with Crippen molar-refractivity contribution in [2.75, 3.05) is 6.61 Å². The van der Waals surface area contributed by atoms with Crippen LogP contribution < -0.4 is 5.32 Å². The Kier molecular flexibility index (Phi) is 7.03. The number of amides is 1. The molecule has 0 unspecified atom stereocenters. The van der Waals surface area contributed by atoms with Crippen molar-refractivity contribution in [3.63, 3.8) is 0 Å². The molecule has 2 aromatic rings. The molecule has 1 saturated carbocycles. The lowest BCUT2D eigenvalue weighted by Crippen LogP contribution is -2.45. The van der Waals surface area contributed by atoms with E-state index in [1.807, 2.05) is 19.1 Å². The molecule has 0 spiro atoms. The second kappa shape index (κ2) is 9.70. The molecule has 5 heteroatoms. The standard InChI is InChI=1S/C25H29NO4/c1-16-11-13-19(14-12-16)24(28)20-8-4-5-9-21(20)25(29)30-15-23(27)26-22-10-6-7-17(2)18(22)3/h4-5,8-9,11-14,17-18,22H,6-7,10,15H2,1-3H3,(H,26,27)/t17-,18-,22-/m0/s1. The van der Waals surface area contributed by atoms with Crippen molar-refractivity contribution in [2.24, 2.45) is 11.8 Å². The summed E-state index contributed by atoms with van der Waals surface area (Å²) in [6.45, 7) is 5.93. The van der Waals surface area contributed by atoms with E-state index in [9.17, 15) is 14.4 Å². The SMILES string of the molecule is Cc1ccc(C(=O)c2ccccc2C(=O)OCC(=O)N[C@H]2CCC[C@H](C)[C@@H]2C)cc1. The molecule has 2 aromatic carbocycles. The number of carbonyl (C=O) groups is 3. The molecule has 3 atom stereocenters. The summed E-state index contributed by atoms with van der Waals surface area (Å²) in [5, 5.41) is 2.99. The van der Waals surface area contributed by atoms with Crippen LogP contribution in [0.1, 0.15) is 65.0 Å². The molecule has 1 amide bonds. The number of ketones is 1. The Morgan fingerprint density at radius 1 is 0.967 bits per heavy atom. The number of benzene rings is 2. The van der Waals surface area contributed by atoms with E-state index >= 15 is 0 Å². The summed E-state index contributed by atoms with van der Waals surface area (Å²) in [5.74, 6) is -0.280. The van der Waals surface area contributed by atoms with Crippen molar-refractivity contribution in [1.29, 1.82) is 0 Å². The molecular weight excluding hydrogens is 378 g/mol. The van der Waals surface area contributed by atoms with Crippen LogP contribution in [0.2, 0.25) is 0 Å². The second-order valence-corrected chi connectivity index (χ2v) is 8.26. The smallest absolute Gasteiger partial charge is 0.339 e. The number of hydrogen-bond acceptors (Lipinski definition) is 4. The summed E-state index contributed by atoms with van der Waals surface area (Å²) in [6, 6.07) is 13.8. The Balaban J connectivity index is 1.64. The van der Waals surface area contributed by atoms with Crippen molar-refractivity contribution in [1.82, 2.24) is 5.32 Å². The van der Waals surface area contributed by atoms with Gasteiger partial charge >= 0.3 is 5.97 Å². The molecule has 0 bridgehead atoms. The highest BCUT2D eigenvalue weighted by Crippen LogP contribution is 2.29. The summed E-state index contributed by atoms with van der Waals surface area (Å²) in [5.41, 5.74) is 1.97. The number of rotatable bonds is 6. The van der Waals surface area contributed by atoms with Crippen LogP contribution in [0.4, 0.5) is 0 Å². The molecule has 1 aliphatic rings. The molecule has 158 valence electrons. The van der Waals surface area contributed by atoms with E-state index in [0.29, 0.717) is 17.4 Å². The van der Waals surface area contributed by atoms with Gasteiger partial charge < -0.3 is 10.1 Å². The monoisotopic (exact) mass is 407 g/mol. The lowest BCUT2D eigenvalue weighted by molar-refractivity contribution is -0.125. The van der Waals surface area contributed by atoms with Crippen LogP contribution in [0.25, 0.3) is 0 Å². The number of esters is 1. The molecular formula is C25H29NO4. The highest BCUT2D eigenvalue weighted by Gasteiger charge is 2.28. The Morgan fingerprint density at radius 2 is 1.63 bits per heavy atom. The van der Waals surface area contributed by atoms with Gasteiger partial charge in [-0.25, -0.2) is 4.79 Å². The number of carbonyl (C=O) groups excluding carboxylic acids is 3. The molecule has 0 heterocycles. The first kappa shape index (κ1) is 21.8. The maximum atomic E-state index is 12.9. The topological polar surface area (TPSA) is 72.5 Å². The van der Waals surface area contributed by atoms with Crippen molar-refractivity contribution in [3.05, 3.63) is 70.8 Å². The summed E-state index contributed by atoms with van der Waals surface area (Å²) >= 11 is 0. The fraction of sp³-hybridized carbons (Fsp3) is 0.400. The first-order valence-corrected chi connectivity index (χ1v) is 10.5. The summed E-state index contributed by atoms with van der Waals surface area (Å²) < 4.78 is 5.24. The molecule has 1 N–H and O–H groups in total. The molecule has 30 heavy (non-hydrogen) atoms. The van der Waals surface area contributed by atoms with Crippen LogP contribution in [0.3, 0.4) is 0 Å². The lowest BCUT2D eigenvalue weighted by Gasteiger charge is -2.34. The van der Waals surface area contributed by atoms with Crippen LogP contribution in [-0.2, 0) is 9.53 Å². The average Bonchev–Trinajstić information content (AvgIpc) is 2.75. The van der Waals surface area contributed by atoms with Crippen molar-refractivity contribution in [3.8, 4) is 0 Å². The summed E-state index contributed by atoms with van der Waals surface area (Å²) in [7, 11) is 0. The van der Waals surface area contributed by atoms with Crippen molar-refractivity contribution in [2.45, 2.75) is 46.1 Å². The Morgan fingerprint density at radius 3 is 2.33 bits per heavy atom. The second-order valence-electron chi connectivity index (χ2n) is 8.26. The van der Waals surface area contributed by atoms with Gasteiger partial charge in [0.25, 0.3) is 5.91 Å². The highest BCUT2D eigenvalue weighted by molar-refractivity contribution is 6.14. The zero-order valence-corrected chi connectivity index (χ0v) is 17.8. The largest absolute Gasteiger partial charge is 0.452 e. The van der Waals surface area contributed by atoms with E-state index in [4.69, 9.17) is 4.74 Å². The summed E-state index contributed by atoms with van der Waals surface area (Å²) in [6.07, 6.45) is 3.21. The lowest BCUT2D eigenvalue weighted by atomic mass is 9.78. The predicted octanol–water partition coefficient (Wildman–Crippen LogP) is 4.32. The van der Waals surface area contributed by atoms with Crippen LogP contribution in [0, 0.1) is 18.8 Å². The van der Waals surface area contributed by atoms with Crippen LogP contribution >= 0.6 is 0 Å². The summed E-state index contributed by atoms with van der Waals surface area (Å²) in [4.78, 5) is 37.8.